The van der Waals surface area contributed by atoms with E-state index in [4.69, 9.17) is 16.3 Å². The SMILES string of the molecule is O=C1C=C(Nc2ccc(Cl)cc2)O/C1=C/c1c[nH]c2ncccc12. The molecule has 0 atom stereocenters. The minimum Gasteiger partial charge on any atom is -0.437 e. The highest BCUT2D eigenvalue weighted by Crippen LogP contribution is 2.25. The van der Waals surface area contributed by atoms with Gasteiger partial charge in [-0.15, -0.1) is 0 Å². The first-order valence-corrected chi connectivity index (χ1v) is 7.67. The van der Waals surface area contributed by atoms with Gasteiger partial charge in [0.05, 0.1) is 6.08 Å². The first kappa shape index (κ1) is 14.5. The van der Waals surface area contributed by atoms with Crippen molar-refractivity contribution in [3.63, 3.8) is 0 Å². The topological polar surface area (TPSA) is 67.0 Å². The van der Waals surface area contributed by atoms with Crippen LogP contribution in [-0.4, -0.2) is 15.8 Å². The molecule has 0 amide bonds. The first-order chi connectivity index (χ1) is 11.7. The number of carbonyl (C=O) groups excluding carboxylic acids is 1. The number of ether oxygens (including phenoxy) is 1. The molecule has 1 aliphatic heterocycles. The van der Waals surface area contributed by atoms with Crippen molar-refractivity contribution in [3.8, 4) is 0 Å². The van der Waals surface area contributed by atoms with Crippen molar-refractivity contribution in [1.29, 1.82) is 0 Å². The Morgan fingerprint density at radius 1 is 1.21 bits per heavy atom. The molecule has 1 aromatic carbocycles. The third-order valence-corrected chi connectivity index (χ3v) is 3.86. The maximum absolute atomic E-state index is 12.1. The van der Waals surface area contributed by atoms with Crippen molar-refractivity contribution < 1.29 is 9.53 Å². The molecule has 5 nitrogen and oxygen atoms in total. The number of nitrogens with one attached hydrogen (secondary N) is 2. The number of benzene rings is 1. The number of hydrogen-bond donors (Lipinski definition) is 2. The highest BCUT2D eigenvalue weighted by atomic mass is 35.5. The van der Waals surface area contributed by atoms with Crippen LogP contribution in [0.5, 0.6) is 0 Å². The molecule has 1 aliphatic rings. The molecular formula is C18H12ClN3O2. The minimum atomic E-state index is -0.190. The monoisotopic (exact) mass is 337 g/mol. The van der Waals surface area contributed by atoms with E-state index < -0.39 is 0 Å². The van der Waals surface area contributed by atoms with Crippen LogP contribution >= 0.6 is 11.6 Å². The van der Waals surface area contributed by atoms with Crippen LogP contribution in [0.25, 0.3) is 17.1 Å². The number of anilines is 1. The highest BCUT2D eigenvalue weighted by molar-refractivity contribution is 6.30. The number of pyridine rings is 1. The summed E-state index contributed by atoms with van der Waals surface area (Å²) in [6.45, 7) is 0. The van der Waals surface area contributed by atoms with Crippen LogP contribution in [0.15, 0.2) is 66.5 Å². The fourth-order valence-corrected chi connectivity index (χ4v) is 2.59. The van der Waals surface area contributed by atoms with Gasteiger partial charge in [0.1, 0.15) is 5.65 Å². The molecule has 4 rings (SSSR count). The lowest BCUT2D eigenvalue weighted by Gasteiger charge is -2.07. The molecule has 0 saturated carbocycles. The maximum atomic E-state index is 12.1. The first-order valence-electron chi connectivity index (χ1n) is 7.29. The summed E-state index contributed by atoms with van der Waals surface area (Å²) in [5.74, 6) is 0.451. The van der Waals surface area contributed by atoms with E-state index in [0.717, 1.165) is 22.3 Å². The van der Waals surface area contributed by atoms with E-state index in [0.29, 0.717) is 10.9 Å². The summed E-state index contributed by atoms with van der Waals surface area (Å²) in [5, 5.41) is 4.62. The van der Waals surface area contributed by atoms with Crippen LogP contribution in [0.4, 0.5) is 5.69 Å². The zero-order chi connectivity index (χ0) is 16.5. The van der Waals surface area contributed by atoms with Crippen LogP contribution in [-0.2, 0) is 9.53 Å². The lowest BCUT2D eigenvalue weighted by Crippen LogP contribution is -1.99. The predicted molar refractivity (Wildman–Crippen MR) is 93.3 cm³/mol. The Bertz CT molecular complexity index is 987. The van der Waals surface area contributed by atoms with E-state index in [1.165, 1.54) is 6.08 Å². The summed E-state index contributed by atoms with van der Waals surface area (Å²) in [6, 6.07) is 10.9. The number of H-pyrrole nitrogens is 1. The number of halogens is 1. The van der Waals surface area contributed by atoms with Crippen molar-refractivity contribution in [2.45, 2.75) is 0 Å². The van der Waals surface area contributed by atoms with Crippen LogP contribution in [0, 0.1) is 0 Å². The van der Waals surface area contributed by atoms with Gasteiger partial charge in [0.25, 0.3) is 0 Å². The Hall–Kier alpha value is -3.05. The van der Waals surface area contributed by atoms with Gasteiger partial charge < -0.3 is 15.0 Å². The summed E-state index contributed by atoms with van der Waals surface area (Å²) in [4.78, 5) is 19.4. The molecule has 3 heterocycles. The number of aromatic amines is 1. The van der Waals surface area contributed by atoms with Crippen LogP contribution in [0.2, 0.25) is 5.02 Å². The number of aromatic nitrogens is 2. The second kappa shape index (κ2) is 5.86. The van der Waals surface area contributed by atoms with Crippen LogP contribution < -0.4 is 5.32 Å². The Balaban J connectivity index is 1.56. The average Bonchev–Trinajstić information content (AvgIpc) is 3.14. The Labute approximate surface area is 142 Å². The largest absolute Gasteiger partial charge is 0.437 e. The molecule has 0 fully saturated rings. The molecule has 24 heavy (non-hydrogen) atoms. The lowest BCUT2D eigenvalue weighted by atomic mass is 10.2. The van der Waals surface area contributed by atoms with Crippen molar-refractivity contribution in [2.75, 3.05) is 5.32 Å². The van der Waals surface area contributed by atoms with Gasteiger partial charge >= 0.3 is 0 Å². The summed E-state index contributed by atoms with van der Waals surface area (Å²) in [5.41, 5.74) is 2.40. The van der Waals surface area contributed by atoms with Crippen molar-refractivity contribution in [3.05, 3.63) is 77.1 Å². The summed E-state index contributed by atoms with van der Waals surface area (Å²) in [6.07, 6.45) is 6.64. The van der Waals surface area contributed by atoms with E-state index in [-0.39, 0.29) is 11.5 Å². The highest BCUT2D eigenvalue weighted by Gasteiger charge is 2.21. The Kier molecular flexibility index (Phi) is 3.55. The second-order valence-electron chi connectivity index (χ2n) is 5.26. The van der Waals surface area contributed by atoms with Gasteiger partial charge in [-0.2, -0.15) is 0 Å². The minimum absolute atomic E-state index is 0.190. The fourth-order valence-electron chi connectivity index (χ4n) is 2.46. The molecule has 0 radical (unpaired) electrons. The standard InChI is InChI=1S/C18H12ClN3O2/c19-12-3-5-13(6-4-12)22-17-9-15(23)16(24-17)8-11-10-21-18-14(11)2-1-7-20-18/h1-10,22H,(H,20,21)/b16-8+. The lowest BCUT2D eigenvalue weighted by molar-refractivity contribution is -0.112. The van der Waals surface area contributed by atoms with Crippen LogP contribution in [0.1, 0.15) is 5.56 Å². The average molecular weight is 338 g/mol. The molecule has 0 unspecified atom stereocenters. The molecular weight excluding hydrogens is 326 g/mol. The fraction of sp³-hybridized carbons (Fsp3) is 0. The molecule has 3 aromatic rings. The Morgan fingerprint density at radius 3 is 2.88 bits per heavy atom. The molecule has 2 aromatic heterocycles. The summed E-state index contributed by atoms with van der Waals surface area (Å²) >= 11 is 5.86. The van der Waals surface area contributed by atoms with Crippen molar-refractivity contribution in [1.82, 2.24) is 9.97 Å². The zero-order valence-electron chi connectivity index (χ0n) is 12.4. The van der Waals surface area contributed by atoms with Crippen LogP contribution in [0.3, 0.4) is 0 Å². The van der Waals surface area contributed by atoms with E-state index in [9.17, 15) is 4.79 Å². The van der Waals surface area contributed by atoms with Crippen molar-refractivity contribution >= 4 is 40.2 Å². The third-order valence-electron chi connectivity index (χ3n) is 3.61. The van der Waals surface area contributed by atoms with Gasteiger partial charge in [-0.1, -0.05) is 11.6 Å². The van der Waals surface area contributed by atoms with Gasteiger partial charge in [0.15, 0.2) is 5.76 Å². The predicted octanol–water partition coefficient (Wildman–Crippen LogP) is 4.11. The number of ketones is 1. The molecule has 0 bridgehead atoms. The third kappa shape index (κ3) is 2.77. The van der Waals surface area contributed by atoms with E-state index in [1.807, 2.05) is 24.3 Å². The quantitative estimate of drug-likeness (QED) is 0.706. The number of carbonyl (C=O) groups is 1. The number of allylic oxidation sites excluding steroid dienone is 1. The number of rotatable bonds is 3. The van der Waals surface area contributed by atoms with E-state index in [2.05, 4.69) is 15.3 Å². The molecule has 0 saturated heterocycles. The molecule has 0 spiro atoms. The zero-order valence-corrected chi connectivity index (χ0v) is 13.2. The molecule has 6 heteroatoms. The second-order valence-corrected chi connectivity index (χ2v) is 5.70. The molecule has 2 N–H and O–H groups in total. The van der Waals surface area contributed by atoms with Gasteiger partial charge in [0.2, 0.25) is 11.7 Å². The summed E-state index contributed by atoms with van der Waals surface area (Å²) < 4.78 is 5.62. The summed E-state index contributed by atoms with van der Waals surface area (Å²) in [7, 11) is 0. The van der Waals surface area contributed by atoms with Gasteiger partial charge in [-0.25, -0.2) is 4.98 Å². The number of hydrogen-bond acceptors (Lipinski definition) is 4. The van der Waals surface area contributed by atoms with Gasteiger partial charge in [-0.05, 0) is 42.5 Å². The van der Waals surface area contributed by atoms with Crippen molar-refractivity contribution in [2.24, 2.45) is 0 Å². The van der Waals surface area contributed by atoms with Gasteiger partial charge in [-0.3, -0.25) is 4.79 Å². The van der Waals surface area contributed by atoms with Gasteiger partial charge in [0, 0.05) is 34.1 Å². The molecule has 118 valence electrons. The Morgan fingerprint density at radius 2 is 2.04 bits per heavy atom. The number of fused-ring (bicyclic) bond motifs is 1. The van der Waals surface area contributed by atoms with E-state index in [1.54, 1.807) is 30.6 Å². The van der Waals surface area contributed by atoms with E-state index >= 15 is 0 Å². The molecule has 0 aliphatic carbocycles. The number of nitrogens with zero attached hydrogens (tertiary/aromatic N) is 1. The normalized spacial score (nSPS) is 15.6. The maximum Gasteiger partial charge on any atom is 0.226 e. The smallest absolute Gasteiger partial charge is 0.226 e.